The van der Waals surface area contributed by atoms with Gasteiger partial charge in [0.2, 0.25) is 0 Å². The molecule has 0 radical (unpaired) electrons. The molecule has 144 valence electrons. The highest BCUT2D eigenvalue weighted by atomic mass is 16.9. The van der Waals surface area contributed by atoms with E-state index in [0.29, 0.717) is 48.0 Å². The van der Waals surface area contributed by atoms with Gasteiger partial charge in [0.05, 0.1) is 17.0 Å². The van der Waals surface area contributed by atoms with E-state index >= 15 is 0 Å². The van der Waals surface area contributed by atoms with Gasteiger partial charge >= 0.3 is 0 Å². The molecule has 5 aliphatic rings. The van der Waals surface area contributed by atoms with Gasteiger partial charge in [0.1, 0.15) is 0 Å². The molecule has 0 aromatic carbocycles. The molecule has 0 amide bonds. The summed E-state index contributed by atoms with van der Waals surface area (Å²) >= 11 is 0. The molecule has 0 aromatic heterocycles. The van der Waals surface area contributed by atoms with Crippen molar-refractivity contribution in [1.82, 2.24) is 5.23 Å². The fraction of sp³-hybridized carbons (Fsp3) is 0.684. The van der Waals surface area contributed by atoms with Crippen molar-refractivity contribution < 1.29 is 4.84 Å². The van der Waals surface area contributed by atoms with Crippen LogP contribution in [0.2, 0.25) is 0 Å². The van der Waals surface area contributed by atoms with Gasteiger partial charge < -0.3 is 32.4 Å². The van der Waals surface area contributed by atoms with E-state index in [1.165, 1.54) is 0 Å². The molecule has 4 unspecified atom stereocenters. The van der Waals surface area contributed by atoms with Gasteiger partial charge in [-0.05, 0) is 44.1 Å². The lowest BCUT2D eigenvalue weighted by molar-refractivity contribution is -0.169. The van der Waals surface area contributed by atoms with Gasteiger partial charge in [-0.15, -0.1) is 0 Å². The van der Waals surface area contributed by atoms with Gasteiger partial charge in [-0.3, -0.25) is 10.2 Å². The van der Waals surface area contributed by atoms with Crippen LogP contribution in [-0.2, 0) is 4.84 Å². The van der Waals surface area contributed by atoms with E-state index < -0.39 is 27.9 Å². The second kappa shape index (κ2) is 4.56. The minimum absolute atomic E-state index is 0.00103. The van der Waals surface area contributed by atoms with E-state index in [9.17, 15) is 5.21 Å². The van der Waals surface area contributed by atoms with Crippen molar-refractivity contribution in [3.8, 4) is 0 Å². The molecule has 3 saturated carbocycles. The van der Waals surface area contributed by atoms with Crippen LogP contribution in [0.3, 0.4) is 0 Å². The molecule has 2 bridgehead atoms. The highest BCUT2D eigenvalue weighted by Crippen LogP contribution is 2.68. The monoisotopic (exact) mass is 369 g/mol. The number of hydrogen-bond donors (Lipinski definition) is 5. The Labute approximate surface area is 157 Å². The lowest BCUT2D eigenvalue weighted by atomic mass is 9.41. The molecule has 1 aliphatic heterocycles. The van der Waals surface area contributed by atoms with E-state index in [1.54, 1.807) is 6.08 Å². The van der Waals surface area contributed by atoms with E-state index in [0.717, 1.165) is 6.42 Å². The van der Waals surface area contributed by atoms with Crippen LogP contribution in [0.15, 0.2) is 11.8 Å². The van der Waals surface area contributed by atoms with Crippen LogP contribution < -0.4 is 5.73 Å². The summed E-state index contributed by atoms with van der Waals surface area (Å²) in [5.74, 6) is -0.413. The summed E-state index contributed by atoms with van der Waals surface area (Å²) in [5, 5.41) is 47.5. The van der Waals surface area contributed by atoms with Gasteiger partial charge in [-0.25, -0.2) is 0 Å². The smallest absolute Gasteiger partial charge is 0.165 e. The number of nitrogens with one attached hydrogen (secondary N) is 4. The molecule has 8 nitrogen and oxygen atoms in total. The Kier molecular flexibility index (Phi) is 2.91. The molecule has 0 saturated heterocycles. The summed E-state index contributed by atoms with van der Waals surface area (Å²) in [4.78, 5) is 5.77. The SMILES string of the molecule is CC12CC(=N)[C@@]3(N)C(C4=C[C@@]5(ON4[O-])C(=N)C(=N)CCC35C)C1CCC2=N. The van der Waals surface area contributed by atoms with Crippen molar-refractivity contribution in [1.29, 1.82) is 21.6 Å². The van der Waals surface area contributed by atoms with Crippen LogP contribution in [0.5, 0.6) is 0 Å². The standard InChI is InChI=1S/C19H25N6O2/c1-16-8-13(22)19(24)14(9(16)3-4-12(16)21)11-7-18(27-25(11)26)15(23)10(20)5-6-17(18,19)2/h7,9,14,20-23H,3-6,8,24H2,1-2H3/q-1/t9?,14?,16?,17?,18-,19-/m1/s1. The Bertz CT molecular complexity index is 881. The largest absolute Gasteiger partial charge is 0.734 e. The number of hydroxylamine groups is 2. The van der Waals surface area contributed by atoms with Crippen LogP contribution in [-0.4, -0.2) is 39.2 Å². The molecule has 8 heteroatoms. The number of nitrogens with two attached hydrogens (primary N) is 1. The molecule has 3 fully saturated rings. The Morgan fingerprint density at radius 2 is 1.89 bits per heavy atom. The lowest BCUT2D eigenvalue weighted by Crippen LogP contribution is -2.78. The predicted octanol–water partition coefficient (Wildman–Crippen LogP) is 2.38. The van der Waals surface area contributed by atoms with E-state index in [-0.39, 0.29) is 17.3 Å². The Balaban J connectivity index is 1.80. The van der Waals surface area contributed by atoms with Crippen LogP contribution in [0.4, 0.5) is 0 Å². The van der Waals surface area contributed by atoms with Gasteiger partial charge in [-0.2, -0.15) is 0 Å². The van der Waals surface area contributed by atoms with Crippen LogP contribution >= 0.6 is 0 Å². The first-order valence-corrected chi connectivity index (χ1v) is 9.53. The summed E-state index contributed by atoms with van der Waals surface area (Å²) in [6, 6.07) is 0. The quantitative estimate of drug-likeness (QED) is 0.444. The van der Waals surface area contributed by atoms with Crippen molar-refractivity contribution >= 4 is 22.8 Å². The highest BCUT2D eigenvalue weighted by molar-refractivity contribution is 6.44. The topological polar surface area (TPSA) is 157 Å². The third kappa shape index (κ3) is 1.52. The molecular weight excluding hydrogens is 344 g/mol. The average molecular weight is 369 g/mol. The molecule has 6 N–H and O–H groups in total. The molecular formula is C19H25N6O2-. The van der Waals surface area contributed by atoms with Crippen LogP contribution in [0.1, 0.15) is 46.0 Å². The van der Waals surface area contributed by atoms with E-state index in [4.69, 9.17) is 32.2 Å². The minimum Gasteiger partial charge on any atom is -0.734 e. The highest BCUT2D eigenvalue weighted by Gasteiger charge is 2.76. The van der Waals surface area contributed by atoms with Crippen molar-refractivity contribution in [2.75, 3.05) is 0 Å². The van der Waals surface area contributed by atoms with E-state index in [2.05, 4.69) is 0 Å². The first kappa shape index (κ1) is 17.2. The van der Waals surface area contributed by atoms with Gasteiger partial charge in [0, 0.05) is 33.9 Å². The summed E-state index contributed by atoms with van der Waals surface area (Å²) in [6.45, 7) is 3.94. The van der Waals surface area contributed by atoms with E-state index in [1.807, 2.05) is 13.8 Å². The molecule has 1 spiro atoms. The third-order valence-electron chi connectivity index (χ3n) is 8.54. The minimum atomic E-state index is -1.38. The van der Waals surface area contributed by atoms with Crippen molar-refractivity contribution in [3.63, 3.8) is 0 Å². The molecule has 6 atom stereocenters. The van der Waals surface area contributed by atoms with Crippen molar-refractivity contribution in [2.45, 2.75) is 57.1 Å². The third-order valence-corrected chi connectivity index (χ3v) is 8.54. The molecule has 0 aromatic rings. The maximum atomic E-state index is 12.9. The summed E-state index contributed by atoms with van der Waals surface area (Å²) in [5.41, 5.74) is 4.77. The van der Waals surface area contributed by atoms with Crippen molar-refractivity contribution in [3.05, 3.63) is 17.0 Å². The Morgan fingerprint density at radius 3 is 2.59 bits per heavy atom. The molecule has 5 rings (SSSR count). The number of nitrogens with zero attached hydrogens (tertiary/aromatic N) is 1. The predicted molar refractivity (Wildman–Crippen MR) is 101 cm³/mol. The molecule has 27 heavy (non-hydrogen) atoms. The Hall–Kier alpha value is -1.90. The zero-order chi connectivity index (χ0) is 19.6. The number of hydrogen-bond acceptors (Lipinski definition) is 8. The van der Waals surface area contributed by atoms with Crippen LogP contribution in [0.25, 0.3) is 0 Å². The van der Waals surface area contributed by atoms with Crippen LogP contribution in [0, 0.1) is 49.5 Å². The second-order valence-electron chi connectivity index (χ2n) is 9.38. The summed E-state index contributed by atoms with van der Waals surface area (Å²) in [6.07, 6.45) is 4.43. The molecule has 1 heterocycles. The lowest BCUT2D eigenvalue weighted by Gasteiger charge is -2.64. The normalized spacial score (nSPS) is 51.1. The number of rotatable bonds is 0. The average Bonchev–Trinajstić information content (AvgIpc) is 3.08. The Morgan fingerprint density at radius 1 is 1.19 bits per heavy atom. The maximum Gasteiger partial charge on any atom is 0.165 e. The maximum absolute atomic E-state index is 12.9. The first-order valence-electron chi connectivity index (χ1n) is 9.53. The molecule has 4 aliphatic carbocycles. The number of fused-ring (bicyclic) bond motifs is 5. The van der Waals surface area contributed by atoms with Gasteiger partial charge in [0.15, 0.2) is 5.60 Å². The summed E-state index contributed by atoms with van der Waals surface area (Å²) < 4.78 is 0. The first-order chi connectivity index (χ1) is 12.5. The van der Waals surface area contributed by atoms with Gasteiger partial charge in [0.25, 0.3) is 0 Å². The fourth-order valence-electron chi connectivity index (χ4n) is 6.79. The zero-order valence-electron chi connectivity index (χ0n) is 15.6. The fourth-order valence-corrected chi connectivity index (χ4v) is 6.79. The second-order valence-corrected chi connectivity index (χ2v) is 9.38. The zero-order valence-corrected chi connectivity index (χ0v) is 15.6. The van der Waals surface area contributed by atoms with Crippen molar-refractivity contribution in [2.24, 2.45) is 28.4 Å². The summed E-state index contributed by atoms with van der Waals surface area (Å²) in [7, 11) is 0. The van der Waals surface area contributed by atoms with Gasteiger partial charge in [-0.1, -0.05) is 13.8 Å².